The number of carbonyl (C=O) groups excluding carboxylic acids is 1. The van der Waals surface area contributed by atoms with Crippen LogP contribution in [-0.2, 0) is 16.3 Å². The van der Waals surface area contributed by atoms with E-state index in [0.717, 1.165) is 29.8 Å². The molecule has 7 nitrogen and oxygen atoms in total. The predicted octanol–water partition coefficient (Wildman–Crippen LogP) is 2.33. The standard InChI is InChI=1S/C19H22N4O3S2/c1-3-4-14-5-6-16(28(2,25)26)11-17(14)18(24)22-7-9-23(10-8-22)19-21-13-15(12-20)27-19/h5-6,11,13H,3-4,7-10H2,1-2H3. The van der Waals surface area contributed by atoms with Crippen LogP contribution in [0, 0.1) is 11.3 Å². The van der Waals surface area contributed by atoms with E-state index in [1.807, 2.05) is 6.92 Å². The summed E-state index contributed by atoms with van der Waals surface area (Å²) in [6, 6.07) is 6.92. The number of thiazole rings is 1. The third-order valence-electron chi connectivity index (χ3n) is 4.70. The summed E-state index contributed by atoms with van der Waals surface area (Å²) in [5.74, 6) is -0.134. The first kappa shape index (κ1) is 20.3. The molecule has 1 fully saturated rings. The predicted molar refractivity (Wildman–Crippen MR) is 108 cm³/mol. The summed E-state index contributed by atoms with van der Waals surface area (Å²) in [6.07, 6.45) is 4.31. The van der Waals surface area contributed by atoms with Crippen molar-refractivity contribution in [2.75, 3.05) is 37.3 Å². The summed E-state index contributed by atoms with van der Waals surface area (Å²) in [5.41, 5.74) is 1.35. The van der Waals surface area contributed by atoms with Crippen molar-refractivity contribution in [3.8, 4) is 6.07 Å². The number of nitrogens with zero attached hydrogens (tertiary/aromatic N) is 4. The average Bonchev–Trinajstić information content (AvgIpc) is 3.16. The van der Waals surface area contributed by atoms with Crippen molar-refractivity contribution in [3.63, 3.8) is 0 Å². The summed E-state index contributed by atoms with van der Waals surface area (Å²) in [7, 11) is -3.38. The molecule has 9 heteroatoms. The van der Waals surface area contributed by atoms with Gasteiger partial charge in [0.2, 0.25) is 0 Å². The topological polar surface area (TPSA) is 94.4 Å². The van der Waals surface area contributed by atoms with Gasteiger partial charge in [-0.15, -0.1) is 0 Å². The normalized spacial score (nSPS) is 14.8. The number of aryl methyl sites for hydroxylation is 1. The van der Waals surface area contributed by atoms with Crippen molar-refractivity contribution >= 4 is 32.2 Å². The second-order valence-electron chi connectivity index (χ2n) is 6.74. The maximum absolute atomic E-state index is 13.1. The van der Waals surface area contributed by atoms with Crippen LogP contribution >= 0.6 is 11.3 Å². The molecule has 0 bridgehead atoms. The minimum atomic E-state index is -3.38. The summed E-state index contributed by atoms with van der Waals surface area (Å²) >= 11 is 1.34. The number of rotatable bonds is 5. The third kappa shape index (κ3) is 4.34. The molecule has 0 radical (unpaired) electrons. The Kier molecular flexibility index (Phi) is 6.01. The minimum absolute atomic E-state index is 0.134. The van der Waals surface area contributed by atoms with E-state index < -0.39 is 9.84 Å². The zero-order chi connectivity index (χ0) is 20.3. The molecule has 148 valence electrons. The molecule has 1 amide bonds. The van der Waals surface area contributed by atoms with E-state index in [-0.39, 0.29) is 10.8 Å². The molecule has 2 aromatic rings. The van der Waals surface area contributed by atoms with Crippen molar-refractivity contribution in [2.45, 2.75) is 24.7 Å². The van der Waals surface area contributed by atoms with Crippen LogP contribution in [0.1, 0.15) is 34.1 Å². The maximum Gasteiger partial charge on any atom is 0.254 e. The highest BCUT2D eigenvalue weighted by molar-refractivity contribution is 7.90. The van der Waals surface area contributed by atoms with E-state index in [1.165, 1.54) is 17.4 Å². The van der Waals surface area contributed by atoms with Gasteiger partial charge >= 0.3 is 0 Å². The molecule has 1 aromatic heterocycles. The summed E-state index contributed by atoms with van der Waals surface area (Å²) in [4.78, 5) is 21.9. The van der Waals surface area contributed by atoms with Gasteiger partial charge in [-0.3, -0.25) is 4.79 Å². The molecule has 28 heavy (non-hydrogen) atoms. The largest absolute Gasteiger partial charge is 0.345 e. The SMILES string of the molecule is CCCc1ccc(S(C)(=O)=O)cc1C(=O)N1CCN(c2ncc(C#N)s2)CC1. The van der Waals surface area contributed by atoms with Crippen LogP contribution in [0.25, 0.3) is 0 Å². The first-order chi connectivity index (χ1) is 13.3. The van der Waals surface area contributed by atoms with Gasteiger partial charge in [0.25, 0.3) is 5.91 Å². The van der Waals surface area contributed by atoms with Gasteiger partial charge in [0.1, 0.15) is 10.9 Å². The Morgan fingerprint density at radius 3 is 2.57 bits per heavy atom. The molecule has 2 heterocycles. The van der Waals surface area contributed by atoms with E-state index in [0.29, 0.717) is 36.6 Å². The quantitative estimate of drug-likeness (QED) is 0.740. The highest BCUT2D eigenvalue weighted by atomic mass is 32.2. The fourth-order valence-electron chi connectivity index (χ4n) is 3.21. The Bertz CT molecular complexity index is 1020. The molecule has 0 N–H and O–H groups in total. The van der Waals surface area contributed by atoms with Gasteiger partial charge in [-0.05, 0) is 24.1 Å². The Morgan fingerprint density at radius 2 is 2.00 bits per heavy atom. The smallest absolute Gasteiger partial charge is 0.254 e. The molecule has 0 spiro atoms. The molecule has 0 aliphatic carbocycles. The molecule has 1 aromatic carbocycles. The molecule has 1 aliphatic rings. The number of amides is 1. The zero-order valence-electron chi connectivity index (χ0n) is 15.9. The van der Waals surface area contributed by atoms with Crippen molar-refractivity contribution in [3.05, 3.63) is 40.4 Å². The molecule has 0 saturated carbocycles. The second-order valence-corrected chi connectivity index (χ2v) is 9.76. The Labute approximate surface area is 169 Å². The average molecular weight is 419 g/mol. The van der Waals surface area contributed by atoms with Gasteiger partial charge in [-0.1, -0.05) is 30.7 Å². The Hall–Kier alpha value is -2.44. The Morgan fingerprint density at radius 1 is 1.29 bits per heavy atom. The highest BCUT2D eigenvalue weighted by Gasteiger charge is 2.26. The molecule has 0 atom stereocenters. The van der Waals surface area contributed by atoms with Crippen LogP contribution in [0.15, 0.2) is 29.3 Å². The monoisotopic (exact) mass is 418 g/mol. The third-order valence-corrected chi connectivity index (χ3v) is 6.77. The van der Waals surface area contributed by atoms with E-state index in [4.69, 9.17) is 5.26 Å². The Balaban J connectivity index is 1.78. The lowest BCUT2D eigenvalue weighted by Gasteiger charge is -2.35. The number of aromatic nitrogens is 1. The van der Waals surface area contributed by atoms with Gasteiger partial charge < -0.3 is 9.80 Å². The first-order valence-corrected chi connectivity index (χ1v) is 11.8. The maximum atomic E-state index is 13.1. The lowest BCUT2D eigenvalue weighted by atomic mass is 10.0. The fourth-order valence-corrected chi connectivity index (χ4v) is 4.62. The number of carbonyl (C=O) groups is 1. The van der Waals surface area contributed by atoms with Gasteiger partial charge in [-0.25, -0.2) is 13.4 Å². The van der Waals surface area contributed by atoms with Crippen molar-refractivity contribution in [1.29, 1.82) is 5.26 Å². The van der Waals surface area contributed by atoms with E-state index in [2.05, 4.69) is 16.0 Å². The van der Waals surface area contributed by atoms with Gasteiger partial charge in [0.05, 0.1) is 11.1 Å². The number of hydrogen-bond donors (Lipinski definition) is 0. The molecular weight excluding hydrogens is 396 g/mol. The number of anilines is 1. The zero-order valence-corrected chi connectivity index (χ0v) is 17.5. The van der Waals surface area contributed by atoms with Crippen LogP contribution in [0.5, 0.6) is 0 Å². The van der Waals surface area contributed by atoms with Gasteiger partial charge in [0, 0.05) is 38.0 Å². The van der Waals surface area contributed by atoms with Crippen LogP contribution < -0.4 is 4.90 Å². The highest BCUT2D eigenvalue weighted by Crippen LogP contribution is 2.24. The molecule has 0 unspecified atom stereocenters. The lowest BCUT2D eigenvalue weighted by Crippen LogP contribution is -2.49. The number of nitriles is 1. The van der Waals surface area contributed by atoms with Gasteiger partial charge in [-0.2, -0.15) is 5.26 Å². The van der Waals surface area contributed by atoms with Crippen molar-refractivity contribution in [2.24, 2.45) is 0 Å². The second kappa shape index (κ2) is 8.29. The molecule has 1 aliphatic heterocycles. The minimum Gasteiger partial charge on any atom is -0.345 e. The summed E-state index contributed by atoms with van der Waals surface area (Å²) in [6.45, 7) is 4.32. The lowest BCUT2D eigenvalue weighted by molar-refractivity contribution is 0.0745. The van der Waals surface area contributed by atoms with Gasteiger partial charge in [0.15, 0.2) is 15.0 Å². The number of benzene rings is 1. The molecule has 3 rings (SSSR count). The van der Waals surface area contributed by atoms with Crippen molar-refractivity contribution in [1.82, 2.24) is 9.88 Å². The molecule has 1 saturated heterocycles. The summed E-state index contributed by atoms with van der Waals surface area (Å²) < 4.78 is 23.8. The van der Waals surface area contributed by atoms with E-state index in [9.17, 15) is 13.2 Å². The number of piperazine rings is 1. The fraction of sp³-hybridized carbons (Fsp3) is 0.421. The summed E-state index contributed by atoms with van der Waals surface area (Å²) in [5, 5.41) is 9.73. The van der Waals surface area contributed by atoms with Crippen LogP contribution in [0.2, 0.25) is 0 Å². The van der Waals surface area contributed by atoms with Crippen LogP contribution in [0.3, 0.4) is 0 Å². The van der Waals surface area contributed by atoms with Crippen LogP contribution in [-0.4, -0.2) is 56.6 Å². The van der Waals surface area contributed by atoms with E-state index in [1.54, 1.807) is 23.2 Å². The van der Waals surface area contributed by atoms with E-state index >= 15 is 0 Å². The van der Waals surface area contributed by atoms with Crippen molar-refractivity contribution < 1.29 is 13.2 Å². The number of sulfone groups is 1. The first-order valence-electron chi connectivity index (χ1n) is 9.06. The number of hydrogen-bond acceptors (Lipinski definition) is 7. The van der Waals surface area contributed by atoms with Crippen LogP contribution in [0.4, 0.5) is 5.13 Å². The molecular formula is C19H22N4O3S2.